The van der Waals surface area contributed by atoms with Crippen LogP contribution in [0.2, 0.25) is 0 Å². The number of ether oxygens (including phenoxy) is 3. The van der Waals surface area contributed by atoms with E-state index in [-0.39, 0.29) is 35.4 Å². The Kier molecular flexibility index (Phi) is 25.1. The van der Waals surface area contributed by atoms with Gasteiger partial charge in [-0.05, 0) is 87.1 Å². The molecule has 0 fully saturated rings. The first kappa shape index (κ1) is 53.0. The Morgan fingerprint density at radius 3 is 1.77 bits per heavy atom. The molecule has 0 aromatic heterocycles. The second kappa shape index (κ2) is 28.5. The maximum absolute atomic E-state index is 10.5. The minimum absolute atomic E-state index is 0.0599. The highest BCUT2D eigenvalue weighted by molar-refractivity contribution is 5.57. The van der Waals surface area contributed by atoms with Crippen LogP contribution in [0.5, 0.6) is 11.5 Å². The van der Waals surface area contributed by atoms with Crippen molar-refractivity contribution in [2.75, 3.05) is 33.0 Å². The Bertz CT molecular complexity index is 1520. The van der Waals surface area contributed by atoms with E-state index in [1.165, 1.54) is 36.7 Å². The molecule has 342 valence electrons. The quantitative estimate of drug-likeness (QED) is 0.0230. The largest absolute Gasteiger partial charge is 0.491 e. The first-order chi connectivity index (χ1) is 28.7. The Morgan fingerprint density at radius 2 is 1.17 bits per heavy atom. The predicted octanol–water partition coefficient (Wildman–Crippen LogP) is 11.2. The van der Waals surface area contributed by atoms with Crippen LogP contribution in [-0.2, 0) is 70.8 Å². The maximum Gasteiger partial charge on any atom is 0.168 e. The predicted molar refractivity (Wildman–Crippen MR) is 226 cm³/mol. The summed E-state index contributed by atoms with van der Waals surface area (Å²) >= 11 is 0. The first-order valence-electron chi connectivity index (χ1n) is 21.6. The molecule has 0 aliphatic carbocycles. The Morgan fingerprint density at radius 1 is 0.617 bits per heavy atom. The summed E-state index contributed by atoms with van der Waals surface area (Å²) < 4.78 is 19.2. The molecule has 0 heterocycles. The molecule has 0 spiro atoms. The van der Waals surface area contributed by atoms with Gasteiger partial charge in [0.2, 0.25) is 0 Å². The van der Waals surface area contributed by atoms with Gasteiger partial charge in [0, 0.05) is 55.8 Å². The van der Waals surface area contributed by atoms with Gasteiger partial charge < -0.3 is 29.0 Å². The van der Waals surface area contributed by atoms with Crippen molar-refractivity contribution in [3.05, 3.63) is 70.2 Å². The zero-order valence-electron chi connectivity index (χ0n) is 38.2. The third-order valence-electron chi connectivity index (χ3n) is 11.6. The summed E-state index contributed by atoms with van der Waals surface area (Å²) in [6.45, 7) is 25.6. The summed E-state index contributed by atoms with van der Waals surface area (Å²) in [4.78, 5) is 19.7. The van der Waals surface area contributed by atoms with Gasteiger partial charge in [-0.3, -0.25) is 0 Å². The van der Waals surface area contributed by atoms with Crippen LogP contribution in [0, 0.1) is 6.92 Å². The summed E-state index contributed by atoms with van der Waals surface area (Å²) in [5, 5.41) is 37.4. The lowest BCUT2D eigenvalue weighted by Gasteiger charge is -2.33. The number of benzene rings is 2. The number of aryl methyl sites for hydroxylation is 1. The number of aliphatic hydroxyl groups excluding tert-OH is 1. The molecule has 0 saturated heterocycles. The van der Waals surface area contributed by atoms with Crippen LogP contribution >= 0.6 is 0 Å². The summed E-state index contributed by atoms with van der Waals surface area (Å²) in [7, 11) is 0. The third-order valence-corrected chi connectivity index (χ3v) is 11.6. The van der Waals surface area contributed by atoms with Gasteiger partial charge in [0.05, 0.1) is 13.2 Å². The highest BCUT2D eigenvalue weighted by atomic mass is 17.9. The van der Waals surface area contributed by atoms with Crippen LogP contribution in [0.1, 0.15) is 179 Å². The summed E-state index contributed by atoms with van der Waals surface area (Å²) in [6, 6.07) is 9.10. The van der Waals surface area contributed by atoms with Crippen molar-refractivity contribution in [1.82, 2.24) is 0 Å². The fourth-order valence-electron chi connectivity index (χ4n) is 6.40. The molecule has 1 unspecified atom stereocenters. The second-order valence-corrected chi connectivity index (χ2v) is 17.0. The van der Waals surface area contributed by atoms with E-state index in [0.717, 1.165) is 85.5 Å². The lowest BCUT2D eigenvalue weighted by atomic mass is 9.73. The lowest BCUT2D eigenvalue weighted by Crippen LogP contribution is -2.23. The molecule has 0 aliphatic heterocycles. The lowest BCUT2D eigenvalue weighted by molar-refractivity contribution is -0.829. The van der Waals surface area contributed by atoms with Gasteiger partial charge in [-0.2, -0.15) is 0 Å². The van der Waals surface area contributed by atoms with Crippen molar-refractivity contribution >= 4 is 6.29 Å². The molecule has 0 saturated carbocycles. The Hall–Kier alpha value is -3.15. The minimum Gasteiger partial charge on any atom is -0.491 e. The van der Waals surface area contributed by atoms with Crippen LogP contribution in [0.4, 0.5) is 0 Å². The Balaban J connectivity index is 2.39. The molecule has 0 aliphatic rings. The van der Waals surface area contributed by atoms with E-state index >= 15 is 0 Å². The average molecular weight is 851 g/mol. The fourth-order valence-corrected chi connectivity index (χ4v) is 6.40. The van der Waals surface area contributed by atoms with Crippen molar-refractivity contribution < 1.29 is 69.2 Å². The SMILES string of the molecule is CCC(C)(C)c1cc(C)c(OCCOCCCCCCCCCC=O)c(C(C)c2cc(C(C)(C)CC)cc(C(C)(C)CC)c2O/C=C/OOOOOOOOOCCO)c1. The molecule has 2 aromatic carbocycles. The van der Waals surface area contributed by atoms with E-state index in [0.29, 0.717) is 32.0 Å². The molecule has 60 heavy (non-hydrogen) atoms. The van der Waals surface area contributed by atoms with Gasteiger partial charge in [-0.1, -0.05) is 126 Å². The number of unbranched alkanes of at least 4 members (excludes halogenated alkanes) is 7. The van der Waals surface area contributed by atoms with E-state index in [9.17, 15) is 4.79 Å². The topological polar surface area (TPSA) is 148 Å². The average Bonchev–Trinajstić information content (AvgIpc) is 3.23. The molecular formula is C46H74O14. The van der Waals surface area contributed by atoms with E-state index in [4.69, 9.17) is 24.2 Å². The van der Waals surface area contributed by atoms with Gasteiger partial charge in [-0.15, -0.1) is 0 Å². The van der Waals surface area contributed by atoms with Gasteiger partial charge in [0.15, 0.2) is 6.26 Å². The third kappa shape index (κ3) is 18.1. The standard InChI is InChI=1S/C46H74O14/c1-12-44(6,7)37-31-35(4)42(50-28-27-49-25-22-20-18-16-15-17-19-21-23-47)39(32-37)36(5)40-33-38(45(8,9)13-2)34-41(46(10,11)14-3)43(40)51-29-30-53-55-57-59-60-58-56-54-52-26-24-48/h23,29-34,36,48H,12-22,24-28H2,1-11H3/b30-29+. The van der Waals surface area contributed by atoms with Gasteiger partial charge in [-0.25, -0.2) is 4.89 Å². The summed E-state index contributed by atoms with van der Waals surface area (Å²) in [6.07, 6.45) is 14.8. The zero-order valence-corrected chi connectivity index (χ0v) is 38.2. The summed E-state index contributed by atoms with van der Waals surface area (Å²) in [5.74, 6) is 1.40. The van der Waals surface area contributed by atoms with Crippen LogP contribution in [0.3, 0.4) is 0 Å². The van der Waals surface area contributed by atoms with Crippen molar-refractivity contribution in [2.45, 2.75) is 169 Å². The van der Waals surface area contributed by atoms with E-state index in [2.05, 4.69) is 141 Å². The second-order valence-electron chi connectivity index (χ2n) is 17.0. The molecule has 1 N–H and O–H groups in total. The van der Waals surface area contributed by atoms with Crippen molar-refractivity contribution in [3.63, 3.8) is 0 Å². The smallest absolute Gasteiger partial charge is 0.168 e. The van der Waals surface area contributed by atoms with Crippen LogP contribution in [0.25, 0.3) is 0 Å². The summed E-state index contributed by atoms with van der Waals surface area (Å²) in [5.41, 5.74) is 6.24. The number of hydrogen-bond donors (Lipinski definition) is 1. The number of aliphatic hydroxyl groups is 1. The highest BCUT2D eigenvalue weighted by Crippen LogP contribution is 2.47. The molecule has 0 bridgehead atoms. The first-order valence-corrected chi connectivity index (χ1v) is 21.6. The highest BCUT2D eigenvalue weighted by Gasteiger charge is 2.32. The molecule has 0 radical (unpaired) electrons. The number of carbonyl (C=O) groups excluding carboxylic acids is 1. The van der Waals surface area contributed by atoms with Crippen molar-refractivity contribution in [2.24, 2.45) is 0 Å². The van der Waals surface area contributed by atoms with Gasteiger partial charge >= 0.3 is 0 Å². The fraction of sp³-hybridized carbons (Fsp3) is 0.674. The van der Waals surface area contributed by atoms with Crippen molar-refractivity contribution in [3.8, 4) is 11.5 Å². The maximum atomic E-state index is 10.5. The molecule has 14 heteroatoms. The number of rotatable bonds is 35. The van der Waals surface area contributed by atoms with E-state index in [1.807, 2.05) is 0 Å². The molecule has 2 rings (SSSR count). The van der Waals surface area contributed by atoms with Crippen LogP contribution in [0.15, 0.2) is 36.8 Å². The molecule has 1 atom stereocenters. The Labute approximate surface area is 358 Å². The van der Waals surface area contributed by atoms with Crippen LogP contribution in [-0.4, -0.2) is 44.4 Å². The molecule has 0 amide bonds. The number of aldehydes is 1. The zero-order chi connectivity index (χ0) is 44.4. The monoisotopic (exact) mass is 851 g/mol. The number of carbonyl (C=O) groups is 1. The molecule has 14 nitrogen and oxygen atoms in total. The van der Waals surface area contributed by atoms with Crippen LogP contribution < -0.4 is 9.47 Å². The van der Waals surface area contributed by atoms with E-state index in [1.54, 1.807) is 0 Å². The van der Waals surface area contributed by atoms with Crippen molar-refractivity contribution in [1.29, 1.82) is 0 Å². The van der Waals surface area contributed by atoms with Gasteiger partial charge in [0.25, 0.3) is 0 Å². The number of hydrogen-bond acceptors (Lipinski definition) is 14. The van der Waals surface area contributed by atoms with Gasteiger partial charge in [0.1, 0.15) is 37.3 Å². The molecule has 2 aromatic rings. The minimum atomic E-state index is -0.293. The normalized spacial score (nSPS) is 12.9. The molecular weight excluding hydrogens is 776 g/mol. The van der Waals surface area contributed by atoms with E-state index < -0.39 is 0 Å².